The predicted molar refractivity (Wildman–Crippen MR) is 235 cm³/mol. The van der Waals surface area contributed by atoms with Crippen LogP contribution in [0.3, 0.4) is 0 Å². The molecule has 8 aromatic carbocycles. The molecule has 4 heteroatoms. The van der Waals surface area contributed by atoms with E-state index in [1.54, 1.807) is 0 Å². The summed E-state index contributed by atoms with van der Waals surface area (Å²) in [6.45, 7) is 8.11. The van der Waals surface area contributed by atoms with Crippen molar-refractivity contribution in [3.05, 3.63) is 233 Å². The third kappa shape index (κ3) is 7.45. The molecule has 0 fully saturated rings. The van der Waals surface area contributed by atoms with Crippen LogP contribution < -0.4 is 9.80 Å². The lowest BCUT2D eigenvalue weighted by Crippen LogP contribution is -2.09. The Hall–Kier alpha value is -7.92. The van der Waals surface area contributed by atoms with Crippen LogP contribution in [0.25, 0.3) is 39.9 Å². The molecule has 0 atom stereocenters. The largest absolute Gasteiger partial charge is 0.311 e. The van der Waals surface area contributed by atoms with Crippen molar-refractivity contribution in [1.82, 2.24) is 0 Å². The minimum atomic E-state index is 0.527. The first-order chi connectivity index (χ1) is 27.7. The molecule has 8 rings (SSSR count). The average Bonchev–Trinajstić information content (AvgIpc) is 3.27. The predicted octanol–water partition coefficient (Wildman–Crippen LogP) is 14.5. The van der Waals surface area contributed by atoms with Crippen LogP contribution in [0, 0.1) is 17.9 Å². The molecule has 0 aliphatic rings. The monoisotopic (exact) mass is 716 g/mol. The highest BCUT2D eigenvalue weighted by Gasteiger charge is 2.14. The summed E-state index contributed by atoms with van der Waals surface area (Å²) in [4.78, 5) is 8.40. The first-order valence-electron chi connectivity index (χ1n) is 18.4. The van der Waals surface area contributed by atoms with Gasteiger partial charge in [-0.3, -0.25) is 0 Å². The average molecular weight is 717 g/mol. The van der Waals surface area contributed by atoms with Gasteiger partial charge in [-0.1, -0.05) is 146 Å². The van der Waals surface area contributed by atoms with Gasteiger partial charge in [0.1, 0.15) is 6.07 Å². The molecule has 0 radical (unpaired) electrons. The summed E-state index contributed by atoms with van der Waals surface area (Å²) >= 11 is 0. The van der Waals surface area contributed by atoms with Crippen LogP contribution in [0.1, 0.15) is 27.8 Å². The van der Waals surface area contributed by atoms with Gasteiger partial charge in [0.15, 0.2) is 0 Å². The second-order valence-corrected chi connectivity index (χ2v) is 13.2. The van der Waals surface area contributed by atoms with Crippen LogP contribution in [0.5, 0.6) is 0 Å². The number of anilines is 6. The zero-order valence-electron chi connectivity index (χ0n) is 30.6. The van der Waals surface area contributed by atoms with E-state index < -0.39 is 0 Å². The zero-order valence-corrected chi connectivity index (χ0v) is 30.6. The van der Waals surface area contributed by atoms with Crippen LogP contribution >= 0.6 is 0 Å². The molecule has 0 saturated heterocycles. The molecule has 0 N–H and O–H groups in total. The van der Waals surface area contributed by atoms with Crippen molar-refractivity contribution in [3.63, 3.8) is 0 Å². The Morgan fingerprint density at radius 2 is 0.750 bits per heavy atom. The van der Waals surface area contributed by atoms with Crippen molar-refractivity contribution in [2.24, 2.45) is 0 Å². The summed E-state index contributed by atoms with van der Waals surface area (Å²) < 4.78 is 0. The van der Waals surface area contributed by atoms with Gasteiger partial charge in [-0.05, 0) is 106 Å². The van der Waals surface area contributed by atoms with E-state index >= 15 is 0 Å². The van der Waals surface area contributed by atoms with E-state index in [-0.39, 0.29) is 0 Å². The van der Waals surface area contributed by atoms with Crippen molar-refractivity contribution < 1.29 is 0 Å². The molecule has 0 bridgehead atoms. The van der Waals surface area contributed by atoms with Gasteiger partial charge in [-0.2, -0.15) is 5.26 Å². The highest BCUT2D eigenvalue weighted by molar-refractivity contribution is 6.03. The number of hydrogen-bond acceptors (Lipinski definition) is 3. The smallest absolute Gasteiger partial charge is 0.202 e. The van der Waals surface area contributed by atoms with E-state index in [0.29, 0.717) is 11.3 Å². The Balaban J connectivity index is 1.03. The second-order valence-electron chi connectivity index (χ2n) is 13.2. The van der Waals surface area contributed by atoms with E-state index in [1.165, 1.54) is 0 Å². The molecule has 0 aliphatic carbocycles. The topological polar surface area (TPSA) is 34.6 Å². The van der Waals surface area contributed by atoms with Crippen LogP contribution in [0.15, 0.2) is 194 Å². The van der Waals surface area contributed by atoms with Crippen molar-refractivity contribution >= 4 is 74.9 Å². The Morgan fingerprint density at radius 3 is 1.14 bits per heavy atom. The minimum Gasteiger partial charge on any atom is -0.311 e. The first-order valence-corrected chi connectivity index (χ1v) is 18.4. The molecule has 0 aromatic heterocycles. The Bertz CT molecular complexity index is 2450. The molecule has 264 valence electrons. The zero-order chi connectivity index (χ0) is 38.1. The normalized spacial score (nSPS) is 11.0. The number of benzene rings is 8. The number of nitrogens with zero attached hydrogens (tertiary/aromatic N) is 4. The van der Waals surface area contributed by atoms with Crippen LogP contribution in [-0.2, 0) is 0 Å². The van der Waals surface area contributed by atoms with E-state index in [4.69, 9.17) is 6.57 Å². The molecule has 4 nitrogen and oxygen atoms in total. The fourth-order valence-corrected chi connectivity index (χ4v) is 6.99. The maximum atomic E-state index is 10.3. The van der Waals surface area contributed by atoms with E-state index in [0.717, 1.165) is 67.2 Å². The molecular weight excluding hydrogens is 681 g/mol. The molecule has 0 aliphatic heterocycles. The molecule has 0 spiro atoms. The van der Waals surface area contributed by atoms with Gasteiger partial charge in [-0.15, -0.1) is 0 Å². The van der Waals surface area contributed by atoms with Gasteiger partial charge >= 0.3 is 0 Å². The SMILES string of the molecule is [C-]#[N+]c1c(/C=C/c2ccc(N(c3ccccc3)c3ccccc3)cc2)ccc2c(C#N)c(/C=C/c3ccc(N(c4ccccc4)c4ccccc4)cc3)ccc12. The second kappa shape index (κ2) is 16.4. The van der Waals surface area contributed by atoms with Gasteiger partial charge in [0.2, 0.25) is 5.69 Å². The lowest BCUT2D eigenvalue weighted by atomic mass is 9.95. The van der Waals surface area contributed by atoms with Crippen molar-refractivity contribution in [2.45, 2.75) is 0 Å². The number of hydrogen-bond donors (Lipinski definition) is 0. The van der Waals surface area contributed by atoms with Gasteiger partial charge in [0.25, 0.3) is 0 Å². The maximum Gasteiger partial charge on any atom is 0.202 e. The highest BCUT2D eigenvalue weighted by atomic mass is 15.1. The molecule has 0 saturated carbocycles. The minimum absolute atomic E-state index is 0.527. The molecule has 0 amide bonds. The van der Waals surface area contributed by atoms with Gasteiger partial charge < -0.3 is 9.80 Å². The molecule has 0 heterocycles. The third-order valence-corrected chi connectivity index (χ3v) is 9.73. The summed E-state index contributed by atoms with van der Waals surface area (Å²) in [5, 5.41) is 11.9. The third-order valence-electron chi connectivity index (χ3n) is 9.73. The van der Waals surface area contributed by atoms with Crippen molar-refractivity contribution in [2.75, 3.05) is 9.80 Å². The Labute approximate surface area is 328 Å². The first kappa shape index (κ1) is 35.1. The lowest BCUT2D eigenvalue weighted by Gasteiger charge is -2.25. The van der Waals surface area contributed by atoms with Gasteiger partial charge in [0.05, 0.1) is 12.1 Å². The molecule has 0 unspecified atom stereocenters. The Morgan fingerprint density at radius 1 is 0.393 bits per heavy atom. The van der Waals surface area contributed by atoms with Gasteiger partial charge in [0, 0.05) is 34.1 Å². The van der Waals surface area contributed by atoms with E-state index in [1.807, 2.05) is 121 Å². The summed E-state index contributed by atoms with van der Waals surface area (Å²) in [6.07, 6.45) is 8.01. The quantitative estimate of drug-likeness (QED) is 0.104. The van der Waals surface area contributed by atoms with Crippen LogP contribution in [-0.4, -0.2) is 0 Å². The number of para-hydroxylation sites is 4. The number of fused-ring (bicyclic) bond motifs is 1. The van der Waals surface area contributed by atoms with E-state index in [2.05, 4.69) is 118 Å². The Kier molecular flexibility index (Phi) is 10.3. The molecule has 56 heavy (non-hydrogen) atoms. The summed E-state index contributed by atoms with van der Waals surface area (Å²) in [5.41, 5.74) is 11.1. The standard InChI is InChI=1S/C52H36N4/c1-54-52-42(29-23-40-26-34-48(35-27-40)56(45-18-10-4-11-19-45)46-20-12-5-13-21-46)31-36-49-50(52)37-30-41(51(49)38-53)28-22-39-24-32-47(33-25-39)55(43-14-6-2-7-15-43)44-16-8-3-9-17-44/h2-37H/b28-22+,29-23+. The van der Waals surface area contributed by atoms with Gasteiger partial charge in [-0.25, -0.2) is 4.85 Å². The fraction of sp³-hybridized carbons (Fsp3) is 0. The van der Waals surface area contributed by atoms with Crippen molar-refractivity contribution in [3.8, 4) is 6.07 Å². The summed E-state index contributed by atoms with van der Waals surface area (Å²) in [7, 11) is 0. The highest BCUT2D eigenvalue weighted by Crippen LogP contribution is 2.38. The van der Waals surface area contributed by atoms with Crippen molar-refractivity contribution in [1.29, 1.82) is 5.26 Å². The number of nitriles is 1. The summed E-state index contributed by atoms with van der Waals surface area (Å²) in [5.74, 6) is 0. The molecule has 8 aromatic rings. The summed E-state index contributed by atoms with van der Waals surface area (Å²) in [6, 6.07) is 68.3. The lowest BCUT2D eigenvalue weighted by molar-refractivity contribution is 1.28. The maximum absolute atomic E-state index is 10.3. The fourth-order valence-electron chi connectivity index (χ4n) is 6.99. The number of rotatable bonds is 10. The van der Waals surface area contributed by atoms with Crippen LogP contribution in [0.4, 0.5) is 39.8 Å². The van der Waals surface area contributed by atoms with Crippen LogP contribution in [0.2, 0.25) is 0 Å². The molecular formula is C52H36N4. The van der Waals surface area contributed by atoms with E-state index in [9.17, 15) is 5.26 Å².